The van der Waals surface area contributed by atoms with Crippen LogP contribution in [0.4, 0.5) is 23.0 Å². The van der Waals surface area contributed by atoms with E-state index in [2.05, 4.69) is 38.1 Å². The molecule has 0 aliphatic carbocycles. The molecule has 2 aromatic carbocycles. The number of aryl methyl sites for hydroxylation is 1. The van der Waals surface area contributed by atoms with Crippen molar-refractivity contribution in [3.63, 3.8) is 0 Å². The zero-order valence-corrected chi connectivity index (χ0v) is 20.8. The molecule has 2 aromatic heterocycles. The molecule has 4 aromatic rings. The van der Waals surface area contributed by atoms with Crippen LogP contribution in [0, 0.1) is 6.92 Å². The van der Waals surface area contributed by atoms with E-state index in [0.717, 1.165) is 46.5 Å². The topological polar surface area (TPSA) is 102 Å². The van der Waals surface area contributed by atoms with Gasteiger partial charge in [-0.05, 0) is 42.8 Å². The van der Waals surface area contributed by atoms with Crippen LogP contribution in [0.1, 0.15) is 5.56 Å². The molecule has 188 valence electrons. The second-order valence-corrected chi connectivity index (χ2v) is 8.62. The molecule has 1 fully saturated rings. The van der Waals surface area contributed by atoms with Crippen LogP contribution in [-0.4, -0.2) is 54.3 Å². The molecule has 0 atom stereocenters. The third kappa shape index (κ3) is 5.22. The van der Waals surface area contributed by atoms with Crippen LogP contribution in [0.5, 0.6) is 5.75 Å². The standard InChI is InChI=1S/C28H28N6O3/c1-4-25(35)31-20-9-10-29-23(15-20)26-18(2)5-6-19-17-30-28(33-27(19)26)32-22-8-7-21(16-24(22)36-3)34-11-13-37-14-12-34/h4-10,15-17H,1,11-14H2,2-3H3,(H,29,31,35)(H,30,32,33). The van der Waals surface area contributed by atoms with Crippen molar-refractivity contribution in [2.45, 2.75) is 6.92 Å². The summed E-state index contributed by atoms with van der Waals surface area (Å²) in [6.07, 6.45) is 4.68. The van der Waals surface area contributed by atoms with Crippen molar-refractivity contribution in [1.29, 1.82) is 0 Å². The Morgan fingerprint density at radius 3 is 2.76 bits per heavy atom. The van der Waals surface area contributed by atoms with Gasteiger partial charge in [0.1, 0.15) is 5.75 Å². The van der Waals surface area contributed by atoms with Crippen LogP contribution in [0.15, 0.2) is 67.5 Å². The third-order valence-electron chi connectivity index (χ3n) is 6.24. The van der Waals surface area contributed by atoms with Gasteiger partial charge in [0.05, 0.1) is 37.2 Å². The number of hydrogen-bond donors (Lipinski definition) is 2. The lowest BCUT2D eigenvalue weighted by Gasteiger charge is -2.29. The Morgan fingerprint density at radius 1 is 1.14 bits per heavy atom. The smallest absolute Gasteiger partial charge is 0.247 e. The quantitative estimate of drug-likeness (QED) is 0.355. The lowest BCUT2D eigenvalue weighted by Crippen LogP contribution is -2.36. The Kier molecular flexibility index (Phi) is 6.96. The minimum Gasteiger partial charge on any atom is -0.494 e. The van der Waals surface area contributed by atoms with E-state index in [1.54, 1.807) is 25.6 Å². The van der Waals surface area contributed by atoms with Gasteiger partial charge in [0, 0.05) is 53.9 Å². The number of rotatable bonds is 7. The zero-order chi connectivity index (χ0) is 25.8. The minimum atomic E-state index is -0.283. The first-order valence-electron chi connectivity index (χ1n) is 12.0. The highest BCUT2D eigenvalue weighted by molar-refractivity contribution is 6.00. The van der Waals surface area contributed by atoms with Gasteiger partial charge in [0.2, 0.25) is 11.9 Å². The number of carbonyl (C=O) groups excluding carboxylic acids is 1. The van der Waals surface area contributed by atoms with Gasteiger partial charge in [-0.1, -0.05) is 18.7 Å². The zero-order valence-electron chi connectivity index (χ0n) is 20.8. The van der Waals surface area contributed by atoms with E-state index in [9.17, 15) is 4.79 Å². The van der Waals surface area contributed by atoms with E-state index in [1.165, 1.54) is 6.08 Å². The second kappa shape index (κ2) is 10.6. The van der Waals surface area contributed by atoms with Crippen LogP contribution >= 0.6 is 0 Å². The van der Waals surface area contributed by atoms with Gasteiger partial charge >= 0.3 is 0 Å². The summed E-state index contributed by atoms with van der Waals surface area (Å²) in [6.45, 7) is 8.64. The molecule has 1 saturated heterocycles. The number of nitrogens with zero attached hydrogens (tertiary/aromatic N) is 4. The lowest BCUT2D eigenvalue weighted by molar-refractivity contribution is -0.111. The van der Waals surface area contributed by atoms with Gasteiger partial charge in [0.15, 0.2) is 0 Å². The highest BCUT2D eigenvalue weighted by Gasteiger charge is 2.16. The van der Waals surface area contributed by atoms with Crippen molar-refractivity contribution in [3.05, 3.63) is 73.1 Å². The Balaban J connectivity index is 1.49. The summed E-state index contributed by atoms with van der Waals surface area (Å²) in [4.78, 5) is 28.0. The number of carbonyl (C=O) groups is 1. The molecule has 0 saturated carbocycles. The molecule has 1 aliphatic rings. The molecule has 0 radical (unpaired) electrons. The molecule has 0 unspecified atom stereocenters. The van der Waals surface area contributed by atoms with Crippen molar-refractivity contribution in [1.82, 2.24) is 15.0 Å². The fourth-order valence-electron chi connectivity index (χ4n) is 4.34. The first-order chi connectivity index (χ1) is 18.1. The number of hydrogen-bond acceptors (Lipinski definition) is 8. The van der Waals surface area contributed by atoms with Crippen LogP contribution in [0.2, 0.25) is 0 Å². The molecular weight excluding hydrogens is 468 g/mol. The van der Waals surface area contributed by atoms with E-state index in [4.69, 9.17) is 14.5 Å². The van der Waals surface area contributed by atoms with Crippen molar-refractivity contribution in [2.24, 2.45) is 0 Å². The molecule has 9 nitrogen and oxygen atoms in total. The summed E-state index contributed by atoms with van der Waals surface area (Å²) in [5, 5.41) is 6.98. The summed E-state index contributed by atoms with van der Waals surface area (Å²) in [5.41, 5.74) is 5.79. The number of methoxy groups -OCH3 is 1. The highest BCUT2D eigenvalue weighted by atomic mass is 16.5. The van der Waals surface area contributed by atoms with E-state index in [-0.39, 0.29) is 5.91 Å². The molecule has 1 aliphatic heterocycles. The van der Waals surface area contributed by atoms with Crippen LogP contribution in [-0.2, 0) is 9.53 Å². The molecule has 0 spiro atoms. The summed E-state index contributed by atoms with van der Waals surface area (Å²) in [6, 6.07) is 13.6. The van der Waals surface area contributed by atoms with Crippen molar-refractivity contribution < 1.29 is 14.3 Å². The van der Waals surface area contributed by atoms with Crippen molar-refractivity contribution in [2.75, 3.05) is 48.9 Å². The summed E-state index contributed by atoms with van der Waals surface area (Å²) < 4.78 is 11.1. The van der Waals surface area contributed by atoms with Crippen molar-refractivity contribution in [3.8, 4) is 17.0 Å². The minimum absolute atomic E-state index is 0.283. The van der Waals surface area contributed by atoms with Crippen LogP contribution < -0.4 is 20.3 Å². The highest BCUT2D eigenvalue weighted by Crippen LogP contribution is 2.34. The molecule has 3 heterocycles. The number of anilines is 4. The maximum absolute atomic E-state index is 11.8. The molecule has 1 amide bonds. The maximum Gasteiger partial charge on any atom is 0.247 e. The number of nitrogens with one attached hydrogen (secondary N) is 2. The maximum atomic E-state index is 11.8. The first-order valence-corrected chi connectivity index (χ1v) is 12.0. The predicted molar refractivity (Wildman–Crippen MR) is 146 cm³/mol. The Hall–Kier alpha value is -4.50. The number of fused-ring (bicyclic) bond motifs is 1. The fraction of sp³-hybridized carbons (Fsp3) is 0.214. The second-order valence-electron chi connectivity index (χ2n) is 8.62. The van der Waals surface area contributed by atoms with E-state index in [1.807, 2.05) is 37.3 Å². The summed E-state index contributed by atoms with van der Waals surface area (Å²) in [5.74, 6) is 0.853. The molecule has 37 heavy (non-hydrogen) atoms. The van der Waals surface area contributed by atoms with E-state index >= 15 is 0 Å². The Labute approximate surface area is 215 Å². The Bertz CT molecular complexity index is 1470. The predicted octanol–water partition coefficient (Wildman–Crippen LogP) is 4.71. The molecule has 5 rings (SSSR count). The number of ether oxygens (including phenoxy) is 2. The van der Waals surface area contributed by atoms with Gasteiger partial charge in [0.25, 0.3) is 0 Å². The van der Waals surface area contributed by atoms with E-state index < -0.39 is 0 Å². The largest absolute Gasteiger partial charge is 0.494 e. The molecular formula is C28H28N6O3. The fourth-order valence-corrected chi connectivity index (χ4v) is 4.34. The van der Waals surface area contributed by atoms with Gasteiger partial charge in [-0.2, -0.15) is 0 Å². The van der Waals surface area contributed by atoms with Crippen LogP contribution in [0.3, 0.4) is 0 Å². The molecule has 2 N–H and O–H groups in total. The molecule has 9 heteroatoms. The number of pyridine rings is 1. The lowest BCUT2D eigenvalue weighted by atomic mass is 10.0. The first kappa shape index (κ1) is 24.2. The monoisotopic (exact) mass is 496 g/mol. The normalized spacial score (nSPS) is 13.3. The number of benzene rings is 2. The van der Waals surface area contributed by atoms with E-state index in [0.29, 0.717) is 36.3 Å². The van der Waals surface area contributed by atoms with Crippen molar-refractivity contribution >= 4 is 39.8 Å². The Morgan fingerprint density at radius 2 is 1.97 bits per heavy atom. The third-order valence-corrected chi connectivity index (χ3v) is 6.24. The summed E-state index contributed by atoms with van der Waals surface area (Å²) >= 11 is 0. The molecule has 0 bridgehead atoms. The van der Waals surface area contributed by atoms with Gasteiger partial charge in [-0.15, -0.1) is 0 Å². The van der Waals surface area contributed by atoms with Crippen LogP contribution in [0.25, 0.3) is 22.2 Å². The number of morpholine rings is 1. The number of amides is 1. The SMILES string of the molecule is C=CC(=O)Nc1ccnc(-c2c(C)ccc3cnc(Nc4ccc(N5CCOCC5)cc4OC)nc23)c1. The van der Waals surface area contributed by atoms with Gasteiger partial charge in [-0.3, -0.25) is 9.78 Å². The summed E-state index contributed by atoms with van der Waals surface area (Å²) in [7, 11) is 1.65. The average Bonchev–Trinajstić information content (AvgIpc) is 2.93. The number of aromatic nitrogens is 3. The van der Waals surface area contributed by atoms with Gasteiger partial charge in [-0.25, -0.2) is 9.97 Å². The van der Waals surface area contributed by atoms with Gasteiger partial charge < -0.3 is 25.0 Å². The average molecular weight is 497 g/mol.